The standard InChI is InChI=1S/C16H25FN5O5P/c1-8(2)25-5-10-13(27-28(23,24)9(3)4)11(17)16(26-10)22-7-21-12-14(18)19-6-20-15(12)22/h6-11,13,16H,5H2,1-4H3,(H,23,24)(H2,18,19,20)/p-1/t10-,11?,13+,16-/m1/s1. The molecule has 28 heavy (non-hydrogen) atoms. The Bertz CT molecular complexity index is 878. The second-order valence-electron chi connectivity index (χ2n) is 7.18. The molecule has 2 aromatic heterocycles. The topological polar surface area (TPSA) is 137 Å². The van der Waals surface area contributed by atoms with Gasteiger partial charge in [-0.25, -0.2) is 19.3 Å². The number of aromatic nitrogens is 4. The van der Waals surface area contributed by atoms with Crippen LogP contribution in [-0.4, -0.2) is 56.3 Å². The van der Waals surface area contributed by atoms with Crippen LogP contribution >= 0.6 is 7.60 Å². The fraction of sp³-hybridized carbons (Fsp3) is 0.688. The second kappa shape index (κ2) is 8.00. The summed E-state index contributed by atoms with van der Waals surface area (Å²) in [5.41, 5.74) is 5.55. The number of halogens is 1. The third-order valence-corrected chi connectivity index (χ3v) is 6.23. The van der Waals surface area contributed by atoms with E-state index in [2.05, 4.69) is 15.0 Å². The van der Waals surface area contributed by atoms with Gasteiger partial charge in [0.2, 0.25) is 0 Å². The van der Waals surface area contributed by atoms with Gasteiger partial charge in [-0.1, -0.05) is 13.8 Å². The summed E-state index contributed by atoms with van der Waals surface area (Å²) in [5.74, 6) is 0.147. The molecule has 0 amide bonds. The number of nitrogens with zero attached hydrogens (tertiary/aromatic N) is 4. The Balaban J connectivity index is 1.92. The lowest BCUT2D eigenvalue weighted by atomic mass is 10.1. The third kappa shape index (κ3) is 4.04. The maximum atomic E-state index is 15.3. The average molecular weight is 416 g/mol. The van der Waals surface area contributed by atoms with Crippen LogP contribution in [0.5, 0.6) is 0 Å². The minimum atomic E-state index is -4.29. The van der Waals surface area contributed by atoms with Crippen molar-refractivity contribution in [2.75, 3.05) is 12.3 Å². The van der Waals surface area contributed by atoms with Gasteiger partial charge in [-0.15, -0.1) is 0 Å². The molecule has 0 aromatic carbocycles. The summed E-state index contributed by atoms with van der Waals surface area (Å²) in [6.45, 7) is 6.53. The number of nitrogen functional groups attached to an aromatic ring is 1. The van der Waals surface area contributed by atoms with E-state index in [1.807, 2.05) is 13.8 Å². The first kappa shape index (κ1) is 21.1. The molecule has 0 aliphatic carbocycles. The number of rotatable bonds is 7. The van der Waals surface area contributed by atoms with Crippen molar-refractivity contribution in [2.45, 2.75) is 64.1 Å². The number of alkyl halides is 1. The summed E-state index contributed by atoms with van der Waals surface area (Å²) in [5, 5.41) is 0. The van der Waals surface area contributed by atoms with Crippen molar-refractivity contribution >= 4 is 24.6 Å². The number of imidazole rings is 1. The molecule has 5 atom stereocenters. The van der Waals surface area contributed by atoms with E-state index in [1.54, 1.807) is 0 Å². The van der Waals surface area contributed by atoms with Crippen molar-refractivity contribution in [3.05, 3.63) is 12.7 Å². The van der Waals surface area contributed by atoms with Crippen LogP contribution in [0.1, 0.15) is 33.9 Å². The van der Waals surface area contributed by atoms with Gasteiger partial charge in [0.05, 0.1) is 19.0 Å². The summed E-state index contributed by atoms with van der Waals surface area (Å²) < 4.78 is 45.5. The number of nitrogens with two attached hydrogens (primary N) is 1. The zero-order valence-corrected chi connectivity index (χ0v) is 17.0. The van der Waals surface area contributed by atoms with Gasteiger partial charge in [-0.05, 0) is 13.8 Å². The lowest BCUT2D eigenvalue weighted by molar-refractivity contribution is -0.208. The lowest BCUT2D eigenvalue weighted by Crippen LogP contribution is -2.36. The molecule has 0 bridgehead atoms. The van der Waals surface area contributed by atoms with Gasteiger partial charge in [0.25, 0.3) is 0 Å². The molecule has 1 fully saturated rings. The van der Waals surface area contributed by atoms with Crippen LogP contribution in [0, 0.1) is 0 Å². The molecule has 3 heterocycles. The third-order valence-electron chi connectivity index (χ3n) is 4.42. The highest BCUT2D eigenvalue weighted by molar-refractivity contribution is 7.52. The fourth-order valence-corrected chi connectivity index (χ4v) is 3.65. The molecule has 2 aromatic rings. The van der Waals surface area contributed by atoms with Crippen molar-refractivity contribution in [1.29, 1.82) is 0 Å². The first-order valence-electron chi connectivity index (χ1n) is 8.95. The molecule has 0 radical (unpaired) electrons. The zero-order chi connectivity index (χ0) is 20.6. The van der Waals surface area contributed by atoms with Crippen LogP contribution in [0.15, 0.2) is 12.7 Å². The van der Waals surface area contributed by atoms with Crippen LogP contribution in [-0.2, 0) is 18.6 Å². The SMILES string of the molecule is CC(C)OC[C@H]1O[C@@H](n2cnc3c(N)ncnc32)C(F)[C@H]1OP(=O)([O-])C(C)C. The van der Waals surface area contributed by atoms with Gasteiger partial charge in [-0.2, -0.15) is 0 Å². The monoisotopic (exact) mass is 416 g/mol. The van der Waals surface area contributed by atoms with E-state index < -0.39 is 37.9 Å². The molecular weight excluding hydrogens is 392 g/mol. The minimum Gasteiger partial charge on any atom is -0.778 e. The summed E-state index contributed by atoms with van der Waals surface area (Å²) in [7, 11) is -4.29. The second-order valence-corrected chi connectivity index (χ2v) is 9.50. The molecule has 12 heteroatoms. The minimum absolute atomic E-state index is 0.0267. The van der Waals surface area contributed by atoms with Gasteiger partial charge in [-0.3, -0.25) is 4.57 Å². The zero-order valence-electron chi connectivity index (χ0n) is 16.1. The number of anilines is 1. The highest BCUT2D eigenvalue weighted by Crippen LogP contribution is 2.48. The maximum absolute atomic E-state index is 15.3. The summed E-state index contributed by atoms with van der Waals surface area (Å²) in [6.07, 6.45) is -2.86. The summed E-state index contributed by atoms with van der Waals surface area (Å²) in [4.78, 5) is 24.3. The van der Waals surface area contributed by atoms with Gasteiger partial charge in [0.15, 0.2) is 23.9 Å². The van der Waals surface area contributed by atoms with Crippen molar-refractivity contribution < 1.29 is 27.8 Å². The van der Waals surface area contributed by atoms with E-state index in [0.717, 1.165) is 0 Å². The molecule has 3 rings (SSSR count). The highest BCUT2D eigenvalue weighted by atomic mass is 31.2. The van der Waals surface area contributed by atoms with E-state index in [0.29, 0.717) is 5.52 Å². The van der Waals surface area contributed by atoms with E-state index in [1.165, 1.54) is 31.1 Å². The van der Waals surface area contributed by atoms with Gasteiger partial charge in [0.1, 0.15) is 31.6 Å². The molecule has 2 unspecified atom stereocenters. The first-order valence-corrected chi connectivity index (χ1v) is 10.6. The summed E-state index contributed by atoms with van der Waals surface area (Å²) in [6, 6.07) is 0. The summed E-state index contributed by atoms with van der Waals surface area (Å²) >= 11 is 0. The quantitative estimate of drug-likeness (QED) is 0.664. The Labute approximate surface area is 161 Å². The van der Waals surface area contributed by atoms with Crippen LogP contribution in [0.25, 0.3) is 11.2 Å². The highest BCUT2D eigenvalue weighted by Gasteiger charge is 2.49. The van der Waals surface area contributed by atoms with Crippen molar-refractivity contribution in [3.63, 3.8) is 0 Å². The lowest BCUT2D eigenvalue weighted by Gasteiger charge is -2.32. The Kier molecular flexibility index (Phi) is 6.02. The Hall–Kier alpha value is -1.65. The van der Waals surface area contributed by atoms with Crippen molar-refractivity contribution in [3.8, 4) is 0 Å². The number of ether oxygens (including phenoxy) is 2. The number of hydrogen-bond acceptors (Lipinski definition) is 9. The fourth-order valence-electron chi connectivity index (χ4n) is 2.81. The predicted octanol–water partition coefficient (Wildman–Crippen LogP) is 1.42. The Morgan fingerprint density at radius 2 is 2.07 bits per heavy atom. The molecule has 0 spiro atoms. The number of fused-ring (bicyclic) bond motifs is 1. The molecule has 2 N–H and O–H groups in total. The Morgan fingerprint density at radius 3 is 2.71 bits per heavy atom. The largest absolute Gasteiger partial charge is 0.778 e. The van der Waals surface area contributed by atoms with Crippen LogP contribution in [0.4, 0.5) is 10.2 Å². The van der Waals surface area contributed by atoms with Gasteiger partial charge in [0, 0.05) is 5.66 Å². The molecule has 1 aliphatic rings. The average Bonchev–Trinajstić information content (AvgIpc) is 3.16. The van der Waals surface area contributed by atoms with E-state index in [4.69, 9.17) is 19.7 Å². The number of hydrogen-bond donors (Lipinski definition) is 1. The molecule has 10 nitrogen and oxygen atoms in total. The maximum Gasteiger partial charge on any atom is 0.174 e. The molecule has 0 saturated carbocycles. The van der Waals surface area contributed by atoms with E-state index in [9.17, 15) is 9.46 Å². The first-order chi connectivity index (χ1) is 13.1. The Morgan fingerprint density at radius 1 is 1.36 bits per heavy atom. The van der Waals surface area contributed by atoms with E-state index in [-0.39, 0.29) is 24.2 Å². The smallest absolute Gasteiger partial charge is 0.174 e. The van der Waals surface area contributed by atoms with Crippen LogP contribution in [0.3, 0.4) is 0 Å². The molecule has 1 saturated heterocycles. The predicted molar refractivity (Wildman–Crippen MR) is 97.2 cm³/mol. The van der Waals surface area contributed by atoms with Crippen molar-refractivity contribution in [1.82, 2.24) is 19.5 Å². The van der Waals surface area contributed by atoms with Crippen LogP contribution < -0.4 is 10.6 Å². The van der Waals surface area contributed by atoms with Gasteiger partial charge >= 0.3 is 0 Å². The van der Waals surface area contributed by atoms with Crippen molar-refractivity contribution in [2.24, 2.45) is 0 Å². The molecule has 156 valence electrons. The van der Waals surface area contributed by atoms with Gasteiger partial charge < -0.3 is 29.2 Å². The van der Waals surface area contributed by atoms with E-state index >= 15 is 4.39 Å². The van der Waals surface area contributed by atoms with Crippen LogP contribution in [0.2, 0.25) is 0 Å². The molecular formula is C16H24FN5O5P-. The molecule has 1 aliphatic heterocycles. The normalized spacial score (nSPS) is 27.7.